The quantitative estimate of drug-likeness (QED) is 0.434. The zero-order chi connectivity index (χ0) is 26.5. The third-order valence-electron chi connectivity index (χ3n) is 6.67. The van der Waals surface area contributed by atoms with E-state index in [1.807, 2.05) is 6.92 Å². The van der Waals surface area contributed by atoms with Gasteiger partial charge < -0.3 is 4.89 Å². The highest BCUT2D eigenvalue weighted by atomic mass is 31.2. The number of hydrogen-bond donors (Lipinski definition) is 1. The van der Waals surface area contributed by atoms with E-state index in [4.69, 9.17) is 4.52 Å². The van der Waals surface area contributed by atoms with Crippen molar-refractivity contribution in [3.05, 3.63) is 69.8 Å². The van der Waals surface area contributed by atoms with Crippen LogP contribution in [0.25, 0.3) is 0 Å². The van der Waals surface area contributed by atoms with Crippen molar-refractivity contribution in [2.24, 2.45) is 0 Å². The Morgan fingerprint density at radius 1 is 0.559 bits per heavy atom. The first kappa shape index (κ1) is 29.0. The van der Waals surface area contributed by atoms with Crippen LogP contribution in [0.4, 0.5) is 4.20 Å². The fourth-order valence-electron chi connectivity index (χ4n) is 4.49. The summed E-state index contributed by atoms with van der Waals surface area (Å²) in [7, 11) is -3.09. The molecule has 4 heteroatoms. The number of hydrogen-bond acceptors (Lipinski definition) is 2. The van der Waals surface area contributed by atoms with Gasteiger partial charge in [0.1, 0.15) is 5.60 Å². The summed E-state index contributed by atoms with van der Waals surface area (Å²) >= 11 is 0. The minimum Gasteiger partial charge on any atom is -0.325 e. The van der Waals surface area contributed by atoms with Crippen molar-refractivity contribution < 1.29 is 13.6 Å². The van der Waals surface area contributed by atoms with Crippen LogP contribution in [0, 0.1) is 0 Å². The van der Waals surface area contributed by atoms with Crippen LogP contribution in [-0.2, 0) is 31.8 Å². The lowest BCUT2D eigenvalue weighted by molar-refractivity contribution is 0.117. The van der Waals surface area contributed by atoms with Gasteiger partial charge in [0.2, 0.25) is 0 Å². The lowest BCUT2D eigenvalue weighted by atomic mass is 9.70. The molecule has 1 unspecified atom stereocenters. The Labute approximate surface area is 209 Å². The van der Waals surface area contributed by atoms with Gasteiger partial charge in [-0.1, -0.05) is 119 Å². The topological polar surface area (TPSA) is 29.5 Å². The molecule has 2 rings (SSSR count). The molecule has 0 saturated heterocycles. The van der Waals surface area contributed by atoms with E-state index in [1.54, 1.807) is 0 Å². The van der Waals surface area contributed by atoms with Crippen LogP contribution in [0.1, 0.15) is 123 Å². The average molecular weight is 489 g/mol. The van der Waals surface area contributed by atoms with Gasteiger partial charge in [0.25, 0.3) is 0 Å². The lowest BCUT2D eigenvalue weighted by Crippen LogP contribution is -2.33. The fraction of sp³-hybridized carbons (Fsp3) is 0.600. The summed E-state index contributed by atoms with van der Waals surface area (Å²) in [6.45, 7) is 28.1. The average Bonchev–Trinajstić information content (AvgIpc) is 2.63. The molecule has 0 bridgehead atoms. The highest BCUT2D eigenvalue weighted by molar-refractivity contribution is 7.40. The standard InChI is InChI=1S/C30H46FO2P/c1-26(2,3)20-14-16-22(24(18-20)28(7,8)9)30(13,33-34(31)32)23-17-15-21(27(4,5)6)19-25(23)29(10,11)12/h14-19,32H,1-13H3. The Kier molecular flexibility index (Phi) is 7.92. The summed E-state index contributed by atoms with van der Waals surface area (Å²) < 4.78 is 20.2. The summed E-state index contributed by atoms with van der Waals surface area (Å²) in [6.07, 6.45) is 0. The van der Waals surface area contributed by atoms with Gasteiger partial charge in [-0.15, -0.1) is 0 Å². The van der Waals surface area contributed by atoms with E-state index >= 15 is 0 Å². The van der Waals surface area contributed by atoms with Crippen LogP contribution in [0.5, 0.6) is 0 Å². The predicted octanol–water partition coefficient (Wildman–Crippen LogP) is 9.35. The zero-order valence-corrected chi connectivity index (χ0v) is 24.5. The third kappa shape index (κ3) is 6.28. The Morgan fingerprint density at radius 2 is 0.882 bits per heavy atom. The second-order valence-corrected chi connectivity index (χ2v) is 14.5. The molecular weight excluding hydrogens is 442 g/mol. The highest BCUT2D eigenvalue weighted by Gasteiger charge is 2.41. The van der Waals surface area contributed by atoms with Gasteiger partial charge in [0.15, 0.2) is 0 Å². The SMILES string of the molecule is CC(C)(C)c1ccc(C(C)(OP(O)F)c2ccc(C(C)(C)C)cc2C(C)(C)C)c(C(C)(C)C)c1. The fourth-order valence-corrected chi connectivity index (χ4v) is 4.99. The second kappa shape index (κ2) is 9.30. The van der Waals surface area contributed by atoms with Crippen molar-refractivity contribution in [3.63, 3.8) is 0 Å². The van der Waals surface area contributed by atoms with Crippen LogP contribution in [0.15, 0.2) is 36.4 Å². The monoisotopic (exact) mass is 488 g/mol. The van der Waals surface area contributed by atoms with E-state index in [1.165, 1.54) is 11.1 Å². The maximum atomic E-state index is 14.4. The van der Waals surface area contributed by atoms with Crippen LogP contribution in [0.3, 0.4) is 0 Å². The first-order valence-electron chi connectivity index (χ1n) is 12.2. The first-order chi connectivity index (χ1) is 15.1. The molecule has 0 aromatic heterocycles. The second-order valence-electron chi connectivity index (χ2n) is 13.9. The molecule has 0 aliphatic rings. The minimum absolute atomic E-state index is 0.0234. The van der Waals surface area contributed by atoms with Crippen LogP contribution in [-0.4, -0.2) is 4.89 Å². The molecule has 0 spiro atoms. The first-order valence-corrected chi connectivity index (χ1v) is 13.3. The Morgan fingerprint density at radius 3 is 1.12 bits per heavy atom. The lowest BCUT2D eigenvalue weighted by Gasteiger charge is -2.40. The molecule has 1 atom stereocenters. The normalized spacial score (nSPS) is 14.9. The smallest absolute Gasteiger partial charge is 0.325 e. The van der Waals surface area contributed by atoms with Gasteiger partial charge in [-0.3, -0.25) is 4.52 Å². The molecule has 0 fully saturated rings. The van der Waals surface area contributed by atoms with E-state index in [0.717, 1.165) is 22.3 Å². The zero-order valence-electron chi connectivity index (χ0n) is 23.6. The summed E-state index contributed by atoms with van der Waals surface area (Å²) in [5.74, 6) is 0. The molecular formula is C30H46FO2P. The largest absolute Gasteiger partial charge is 0.373 e. The van der Waals surface area contributed by atoms with Crippen molar-refractivity contribution in [2.75, 3.05) is 0 Å². The minimum atomic E-state index is -3.09. The third-order valence-corrected chi connectivity index (χ3v) is 7.19. The summed E-state index contributed by atoms with van der Waals surface area (Å²) in [6, 6.07) is 12.8. The van der Waals surface area contributed by atoms with Gasteiger partial charge in [-0.05, 0) is 62.0 Å². The molecule has 0 heterocycles. The van der Waals surface area contributed by atoms with Crippen molar-refractivity contribution in [3.8, 4) is 0 Å². The Hall–Kier alpha value is -1.28. The van der Waals surface area contributed by atoms with Crippen LogP contribution in [0.2, 0.25) is 0 Å². The van der Waals surface area contributed by atoms with Crippen molar-refractivity contribution in [1.82, 2.24) is 0 Å². The molecule has 2 nitrogen and oxygen atoms in total. The summed E-state index contributed by atoms with van der Waals surface area (Å²) in [4.78, 5) is 9.94. The van der Waals surface area contributed by atoms with E-state index in [2.05, 4.69) is 119 Å². The Balaban J connectivity index is 2.99. The van der Waals surface area contributed by atoms with E-state index in [0.29, 0.717) is 0 Å². The predicted molar refractivity (Wildman–Crippen MR) is 145 cm³/mol. The molecule has 34 heavy (non-hydrogen) atoms. The van der Waals surface area contributed by atoms with E-state index in [-0.39, 0.29) is 21.7 Å². The van der Waals surface area contributed by atoms with Crippen LogP contribution >= 0.6 is 8.69 Å². The molecule has 1 N–H and O–H groups in total. The van der Waals surface area contributed by atoms with Gasteiger partial charge in [0.05, 0.1) is 0 Å². The molecule has 0 saturated carbocycles. The van der Waals surface area contributed by atoms with Gasteiger partial charge in [-0.25, -0.2) is 0 Å². The maximum Gasteiger partial charge on any atom is 0.373 e. The van der Waals surface area contributed by atoms with Gasteiger partial charge in [0, 0.05) is 0 Å². The molecule has 0 amide bonds. The Bertz CT molecular complexity index is 937. The van der Waals surface area contributed by atoms with Crippen LogP contribution < -0.4 is 0 Å². The molecule has 2 aromatic rings. The number of rotatable bonds is 4. The van der Waals surface area contributed by atoms with Crippen molar-refractivity contribution in [2.45, 2.75) is 117 Å². The van der Waals surface area contributed by atoms with Gasteiger partial charge in [-0.2, -0.15) is 4.20 Å². The van der Waals surface area contributed by atoms with Crippen molar-refractivity contribution in [1.29, 1.82) is 0 Å². The molecule has 0 radical (unpaired) electrons. The molecule has 0 aliphatic carbocycles. The summed E-state index contributed by atoms with van der Waals surface area (Å²) in [5.41, 5.74) is 4.79. The maximum absolute atomic E-state index is 14.4. The van der Waals surface area contributed by atoms with E-state index < -0.39 is 14.3 Å². The molecule has 2 aromatic carbocycles. The highest BCUT2D eigenvalue weighted by Crippen LogP contribution is 2.51. The molecule has 190 valence electrons. The number of benzene rings is 2. The van der Waals surface area contributed by atoms with Crippen molar-refractivity contribution >= 4 is 8.69 Å². The van der Waals surface area contributed by atoms with E-state index in [9.17, 15) is 9.09 Å². The number of halogens is 1. The summed E-state index contributed by atoms with van der Waals surface area (Å²) in [5, 5.41) is 0. The molecule has 0 aliphatic heterocycles. The van der Waals surface area contributed by atoms with Gasteiger partial charge >= 0.3 is 8.69 Å².